The molecule has 2 heterocycles. The van der Waals surface area contributed by atoms with E-state index in [1.54, 1.807) is 12.1 Å². The number of phenolic OH excluding ortho intramolecular Hbond substituents is 1. The van der Waals surface area contributed by atoms with Crippen LogP contribution in [-0.4, -0.2) is 31.4 Å². The predicted octanol–water partition coefficient (Wildman–Crippen LogP) is 2.69. The Morgan fingerprint density at radius 1 is 1.19 bits per heavy atom. The van der Waals surface area contributed by atoms with Gasteiger partial charge in [0.1, 0.15) is 11.6 Å². The number of phenols is 1. The van der Waals surface area contributed by atoms with Gasteiger partial charge in [-0.3, -0.25) is 4.79 Å². The van der Waals surface area contributed by atoms with Gasteiger partial charge in [0, 0.05) is 18.5 Å². The zero-order valence-electron chi connectivity index (χ0n) is 11.7. The van der Waals surface area contributed by atoms with Crippen LogP contribution < -0.4 is 0 Å². The van der Waals surface area contributed by atoms with E-state index in [2.05, 4.69) is 14.8 Å². The van der Waals surface area contributed by atoms with Crippen molar-refractivity contribution in [2.24, 2.45) is 0 Å². The fourth-order valence-corrected chi connectivity index (χ4v) is 3.30. The summed E-state index contributed by atoms with van der Waals surface area (Å²) in [6, 6.07) is 6.34. The Morgan fingerprint density at radius 3 is 2.81 bits per heavy atom. The number of aromatic hydroxyl groups is 1. The SMILES string of the molecule is O=C(CSc1nnc2n1CCCCC2)c1ccc(O)cc1. The van der Waals surface area contributed by atoms with Crippen molar-refractivity contribution in [2.45, 2.75) is 37.4 Å². The summed E-state index contributed by atoms with van der Waals surface area (Å²) in [4.78, 5) is 12.1. The molecule has 0 radical (unpaired) electrons. The predicted molar refractivity (Wildman–Crippen MR) is 80.7 cm³/mol. The van der Waals surface area contributed by atoms with Gasteiger partial charge in [0.25, 0.3) is 0 Å². The Labute approximate surface area is 127 Å². The number of aromatic nitrogens is 3. The number of thioether (sulfide) groups is 1. The highest BCUT2D eigenvalue weighted by atomic mass is 32.2. The number of hydrogen-bond acceptors (Lipinski definition) is 5. The van der Waals surface area contributed by atoms with E-state index in [0.717, 1.165) is 36.8 Å². The first-order valence-corrected chi connectivity index (χ1v) is 8.10. The summed E-state index contributed by atoms with van der Waals surface area (Å²) in [6.07, 6.45) is 4.50. The Morgan fingerprint density at radius 2 is 2.00 bits per heavy atom. The highest BCUT2D eigenvalue weighted by Crippen LogP contribution is 2.22. The van der Waals surface area contributed by atoms with E-state index >= 15 is 0 Å². The van der Waals surface area contributed by atoms with Crippen LogP contribution >= 0.6 is 11.8 Å². The van der Waals surface area contributed by atoms with Gasteiger partial charge < -0.3 is 9.67 Å². The van der Waals surface area contributed by atoms with E-state index in [4.69, 9.17) is 0 Å². The van der Waals surface area contributed by atoms with Crippen molar-refractivity contribution in [3.8, 4) is 5.75 Å². The Hall–Kier alpha value is -1.82. The third-order valence-corrected chi connectivity index (χ3v) is 4.56. The first-order chi connectivity index (χ1) is 10.2. The second-order valence-corrected chi connectivity index (χ2v) is 6.06. The zero-order valence-corrected chi connectivity index (χ0v) is 12.5. The number of ketones is 1. The molecule has 0 amide bonds. The fraction of sp³-hybridized carbons (Fsp3) is 0.400. The van der Waals surface area contributed by atoms with Crippen molar-refractivity contribution >= 4 is 17.5 Å². The fourth-order valence-electron chi connectivity index (χ4n) is 2.43. The Balaban J connectivity index is 1.66. The van der Waals surface area contributed by atoms with Gasteiger partial charge in [-0.15, -0.1) is 10.2 Å². The van der Waals surface area contributed by atoms with E-state index in [-0.39, 0.29) is 11.5 Å². The van der Waals surface area contributed by atoms with Gasteiger partial charge in [-0.25, -0.2) is 0 Å². The number of carbonyl (C=O) groups is 1. The lowest BCUT2D eigenvalue weighted by atomic mass is 10.1. The van der Waals surface area contributed by atoms with Gasteiger partial charge in [-0.2, -0.15) is 0 Å². The molecule has 0 saturated heterocycles. The van der Waals surface area contributed by atoms with E-state index in [9.17, 15) is 9.90 Å². The minimum Gasteiger partial charge on any atom is -0.508 e. The molecule has 5 nitrogen and oxygen atoms in total. The average molecular weight is 303 g/mol. The molecular weight excluding hydrogens is 286 g/mol. The molecule has 3 rings (SSSR count). The topological polar surface area (TPSA) is 68.0 Å². The minimum absolute atomic E-state index is 0.0333. The number of benzene rings is 1. The second kappa shape index (κ2) is 6.30. The molecule has 0 spiro atoms. The van der Waals surface area contributed by atoms with Gasteiger partial charge in [0.15, 0.2) is 10.9 Å². The maximum Gasteiger partial charge on any atom is 0.191 e. The summed E-state index contributed by atoms with van der Waals surface area (Å²) in [5.74, 6) is 1.57. The number of aryl methyl sites for hydroxylation is 1. The first kappa shape index (κ1) is 14.1. The van der Waals surface area contributed by atoms with E-state index in [0.29, 0.717) is 11.3 Å². The molecule has 110 valence electrons. The highest BCUT2D eigenvalue weighted by Gasteiger charge is 2.16. The summed E-state index contributed by atoms with van der Waals surface area (Å²) < 4.78 is 2.14. The van der Waals surface area contributed by atoms with Gasteiger partial charge in [-0.05, 0) is 37.1 Å². The van der Waals surface area contributed by atoms with Crippen LogP contribution in [0.25, 0.3) is 0 Å². The third kappa shape index (κ3) is 3.26. The maximum atomic E-state index is 12.1. The molecule has 0 aliphatic carbocycles. The van der Waals surface area contributed by atoms with Crippen LogP contribution in [0, 0.1) is 0 Å². The zero-order chi connectivity index (χ0) is 14.7. The van der Waals surface area contributed by atoms with Gasteiger partial charge in [0.05, 0.1) is 5.75 Å². The summed E-state index contributed by atoms with van der Waals surface area (Å²) in [7, 11) is 0. The first-order valence-electron chi connectivity index (χ1n) is 7.11. The molecule has 0 unspecified atom stereocenters. The summed E-state index contributed by atoms with van der Waals surface area (Å²) >= 11 is 1.44. The smallest absolute Gasteiger partial charge is 0.191 e. The lowest BCUT2D eigenvalue weighted by Gasteiger charge is -2.06. The van der Waals surface area contributed by atoms with Crippen molar-refractivity contribution in [3.05, 3.63) is 35.7 Å². The molecule has 1 N–H and O–H groups in total. The number of Topliss-reactive ketones (excluding diaryl/α,β-unsaturated/α-hetero) is 1. The summed E-state index contributed by atoms with van der Waals surface area (Å²) in [6.45, 7) is 0.943. The molecule has 0 saturated carbocycles. The summed E-state index contributed by atoms with van der Waals surface area (Å²) in [5.41, 5.74) is 0.607. The van der Waals surface area contributed by atoms with Gasteiger partial charge in [-0.1, -0.05) is 18.2 Å². The normalized spacial score (nSPS) is 14.5. The molecule has 6 heteroatoms. The summed E-state index contributed by atoms with van der Waals surface area (Å²) in [5, 5.41) is 18.5. The highest BCUT2D eigenvalue weighted by molar-refractivity contribution is 7.99. The van der Waals surface area contributed by atoms with Crippen molar-refractivity contribution in [1.82, 2.24) is 14.8 Å². The minimum atomic E-state index is 0.0333. The maximum absolute atomic E-state index is 12.1. The van der Waals surface area contributed by atoms with Crippen LogP contribution in [0.3, 0.4) is 0 Å². The lowest BCUT2D eigenvalue weighted by Crippen LogP contribution is -2.06. The number of carbonyl (C=O) groups excluding carboxylic acids is 1. The molecule has 1 aromatic carbocycles. The largest absolute Gasteiger partial charge is 0.508 e. The van der Waals surface area contributed by atoms with Crippen LogP contribution in [-0.2, 0) is 13.0 Å². The second-order valence-electron chi connectivity index (χ2n) is 5.12. The standard InChI is InChI=1S/C15H17N3O2S/c19-12-7-5-11(6-8-12)13(20)10-21-15-17-16-14-4-2-1-3-9-18(14)15/h5-8,19H,1-4,9-10H2. The van der Waals surface area contributed by atoms with Crippen LogP contribution in [0.4, 0.5) is 0 Å². The van der Waals surface area contributed by atoms with Gasteiger partial charge in [0.2, 0.25) is 0 Å². The molecule has 0 fully saturated rings. The Bertz CT molecular complexity index is 637. The molecule has 1 aliphatic heterocycles. The van der Waals surface area contributed by atoms with Gasteiger partial charge >= 0.3 is 0 Å². The number of hydrogen-bond donors (Lipinski definition) is 1. The van der Waals surface area contributed by atoms with Crippen LogP contribution in [0.1, 0.15) is 35.4 Å². The molecular formula is C15H17N3O2S. The monoisotopic (exact) mass is 303 g/mol. The van der Waals surface area contributed by atoms with Crippen LogP contribution in [0.15, 0.2) is 29.4 Å². The van der Waals surface area contributed by atoms with Crippen molar-refractivity contribution in [3.63, 3.8) is 0 Å². The molecule has 1 aliphatic rings. The van der Waals surface area contributed by atoms with Crippen LogP contribution in [0.5, 0.6) is 5.75 Å². The molecule has 2 aromatic rings. The number of rotatable bonds is 4. The Kier molecular flexibility index (Phi) is 4.24. The van der Waals surface area contributed by atoms with E-state index in [1.165, 1.54) is 30.3 Å². The van der Waals surface area contributed by atoms with E-state index < -0.39 is 0 Å². The quantitative estimate of drug-likeness (QED) is 0.695. The molecule has 0 atom stereocenters. The molecule has 21 heavy (non-hydrogen) atoms. The molecule has 1 aromatic heterocycles. The van der Waals surface area contributed by atoms with Crippen LogP contribution in [0.2, 0.25) is 0 Å². The van der Waals surface area contributed by atoms with E-state index in [1.807, 2.05) is 0 Å². The third-order valence-electron chi connectivity index (χ3n) is 3.60. The lowest BCUT2D eigenvalue weighted by molar-refractivity contribution is 0.102. The van der Waals surface area contributed by atoms with Crippen molar-refractivity contribution in [2.75, 3.05) is 5.75 Å². The number of nitrogens with zero attached hydrogens (tertiary/aromatic N) is 3. The average Bonchev–Trinajstić information content (AvgIpc) is 2.72. The van der Waals surface area contributed by atoms with Crippen molar-refractivity contribution in [1.29, 1.82) is 0 Å². The molecule has 0 bridgehead atoms. The van der Waals surface area contributed by atoms with Crippen molar-refractivity contribution < 1.29 is 9.90 Å². The number of fused-ring (bicyclic) bond motifs is 1.